The van der Waals surface area contributed by atoms with E-state index in [0.29, 0.717) is 23.5 Å². The fourth-order valence-corrected chi connectivity index (χ4v) is 1.97. The topological polar surface area (TPSA) is 26.3 Å². The van der Waals surface area contributed by atoms with Crippen LogP contribution >= 0.6 is 0 Å². The monoisotopic (exact) mass is 294 g/mol. The quantitative estimate of drug-likeness (QED) is 0.618. The van der Waals surface area contributed by atoms with E-state index in [1.54, 1.807) is 19.1 Å². The summed E-state index contributed by atoms with van der Waals surface area (Å²) in [6, 6.07) is 6.33. The summed E-state index contributed by atoms with van der Waals surface area (Å²) in [5.41, 5.74) is 0.818. The Morgan fingerprint density at radius 2 is 1.71 bits per heavy atom. The Hall–Kier alpha value is -2.30. The van der Waals surface area contributed by atoms with Gasteiger partial charge in [-0.3, -0.25) is 4.79 Å². The third kappa shape index (κ3) is 3.07. The standard InChI is InChI=1S/C16H13F3O2/c1-3-21-15-5-4-10(9(2)20)6-12(15)11-7-13(17)16(19)14(18)8-11/h4-8H,3H2,1-2H3. The molecule has 0 unspecified atom stereocenters. The van der Waals surface area contributed by atoms with Crippen LogP contribution < -0.4 is 4.74 Å². The van der Waals surface area contributed by atoms with E-state index in [-0.39, 0.29) is 11.3 Å². The molecule has 0 amide bonds. The number of halogens is 3. The molecule has 0 fully saturated rings. The summed E-state index contributed by atoms with van der Waals surface area (Å²) < 4.78 is 45.2. The molecule has 0 aliphatic heterocycles. The molecule has 0 aliphatic rings. The van der Waals surface area contributed by atoms with E-state index in [0.717, 1.165) is 12.1 Å². The number of benzene rings is 2. The minimum Gasteiger partial charge on any atom is -0.493 e. The van der Waals surface area contributed by atoms with Crippen LogP contribution in [0.3, 0.4) is 0 Å². The highest BCUT2D eigenvalue weighted by atomic mass is 19.2. The lowest BCUT2D eigenvalue weighted by atomic mass is 10.00. The van der Waals surface area contributed by atoms with E-state index in [4.69, 9.17) is 4.74 Å². The van der Waals surface area contributed by atoms with Gasteiger partial charge in [-0.05, 0) is 49.7 Å². The second kappa shape index (κ2) is 5.99. The van der Waals surface area contributed by atoms with Crippen molar-refractivity contribution >= 4 is 5.78 Å². The largest absolute Gasteiger partial charge is 0.493 e. The molecule has 0 saturated carbocycles. The molecule has 5 heteroatoms. The van der Waals surface area contributed by atoms with Gasteiger partial charge in [0, 0.05) is 11.1 Å². The summed E-state index contributed by atoms with van der Waals surface area (Å²) in [4.78, 5) is 11.4. The van der Waals surface area contributed by atoms with Gasteiger partial charge < -0.3 is 4.74 Å². The van der Waals surface area contributed by atoms with Gasteiger partial charge in [0.2, 0.25) is 0 Å². The molecule has 2 nitrogen and oxygen atoms in total. The average molecular weight is 294 g/mol. The number of hydrogen-bond donors (Lipinski definition) is 0. The molecule has 0 saturated heterocycles. The van der Waals surface area contributed by atoms with Crippen molar-refractivity contribution in [2.24, 2.45) is 0 Å². The summed E-state index contributed by atoms with van der Waals surface area (Å²) in [7, 11) is 0. The number of hydrogen-bond acceptors (Lipinski definition) is 2. The molecule has 2 aromatic carbocycles. The van der Waals surface area contributed by atoms with Gasteiger partial charge in [0.25, 0.3) is 0 Å². The Bertz CT molecular complexity index is 673. The van der Waals surface area contributed by atoms with Gasteiger partial charge in [0.15, 0.2) is 23.2 Å². The molecular weight excluding hydrogens is 281 g/mol. The van der Waals surface area contributed by atoms with Gasteiger partial charge >= 0.3 is 0 Å². The molecule has 2 rings (SSSR count). The third-order valence-electron chi connectivity index (χ3n) is 2.98. The molecular formula is C16H13F3O2. The number of Topliss-reactive ketones (excluding diaryl/α,β-unsaturated/α-hetero) is 1. The zero-order valence-electron chi connectivity index (χ0n) is 11.5. The number of carbonyl (C=O) groups excluding carboxylic acids is 1. The molecule has 0 radical (unpaired) electrons. The Kier molecular flexibility index (Phi) is 4.31. The molecule has 0 aromatic heterocycles. The maximum Gasteiger partial charge on any atom is 0.194 e. The Morgan fingerprint density at radius 3 is 2.24 bits per heavy atom. The van der Waals surface area contributed by atoms with Crippen molar-refractivity contribution in [3.63, 3.8) is 0 Å². The first kappa shape index (κ1) is 15.1. The van der Waals surface area contributed by atoms with Crippen LogP contribution in [0.1, 0.15) is 24.2 Å². The lowest BCUT2D eigenvalue weighted by Crippen LogP contribution is -1.99. The molecule has 0 aliphatic carbocycles. The second-order valence-corrected chi connectivity index (χ2v) is 4.45. The molecule has 0 bridgehead atoms. The van der Waals surface area contributed by atoms with Crippen LogP contribution in [0.15, 0.2) is 30.3 Å². The fourth-order valence-electron chi connectivity index (χ4n) is 1.97. The lowest BCUT2D eigenvalue weighted by Gasteiger charge is -2.12. The van der Waals surface area contributed by atoms with Crippen molar-refractivity contribution in [2.75, 3.05) is 6.61 Å². The highest BCUT2D eigenvalue weighted by molar-refractivity contribution is 5.96. The molecule has 0 spiro atoms. The van der Waals surface area contributed by atoms with Gasteiger partial charge in [-0.15, -0.1) is 0 Å². The average Bonchev–Trinajstić information content (AvgIpc) is 2.44. The van der Waals surface area contributed by atoms with E-state index in [9.17, 15) is 18.0 Å². The van der Waals surface area contributed by atoms with Crippen molar-refractivity contribution in [2.45, 2.75) is 13.8 Å². The SMILES string of the molecule is CCOc1ccc(C(C)=O)cc1-c1cc(F)c(F)c(F)c1. The van der Waals surface area contributed by atoms with Gasteiger partial charge in [-0.1, -0.05) is 0 Å². The second-order valence-electron chi connectivity index (χ2n) is 4.45. The maximum absolute atomic E-state index is 13.4. The molecule has 0 heterocycles. The lowest BCUT2D eigenvalue weighted by molar-refractivity contribution is 0.101. The van der Waals surface area contributed by atoms with Crippen molar-refractivity contribution < 1.29 is 22.7 Å². The van der Waals surface area contributed by atoms with Crippen LogP contribution in [0.2, 0.25) is 0 Å². The molecule has 21 heavy (non-hydrogen) atoms. The molecule has 2 aromatic rings. The van der Waals surface area contributed by atoms with Gasteiger partial charge in [0.05, 0.1) is 6.61 Å². The highest BCUT2D eigenvalue weighted by Gasteiger charge is 2.15. The summed E-state index contributed by atoms with van der Waals surface area (Å²) in [6.07, 6.45) is 0. The highest BCUT2D eigenvalue weighted by Crippen LogP contribution is 2.33. The van der Waals surface area contributed by atoms with Crippen LogP contribution in [-0.4, -0.2) is 12.4 Å². The van der Waals surface area contributed by atoms with Gasteiger partial charge in [0.1, 0.15) is 5.75 Å². The first-order chi connectivity index (χ1) is 9.93. The minimum atomic E-state index is -1.53. The molecule has 0 atom stereocenters. The number of carbonyl (C=O) groups is 1. The van der Waals surface area contributed by atoms with Crippen LogP contribution in [0.25, 0.3) is 11.1 Å². The maximum atomic E-state index is 13.4. The van der Waals surface area contributed by atoms with Crippen LogP contribution in [-0.2, 0) is 0 Å². The Labute approximate surface area is 120 Å². The van der Waals surface area contributed by atoms with Crippen molar-refractivity contribution in [3.05, 3.63) is 53.3 Å². The zero-order valence-corrected chi connectivity index (χ0v) is 11.5. The zero-order chi connectivity index (χ0) is 15.6. The number of ether oxygens (including phenoxy) is 1. The van der Waals surface area contributed by atoms with Crippen LogP contribution in [0, 0.1) is 17.5 Å². The Balaban J connectivity index is 2.65. The predicted molar refractivity (Wildman–Crippen MR) is 72.9 cm³/mol. The van der Waals surface area contributed by atoms with E-state index >= 15 is 0 Å². The summed E-state index contributed by atoms with van der Waals surface area (Å²) in [5.74, 6) is -3.93. The first-order valence-corrected chi connectivity index (χ1v) is 6.36. The fraction of sp³-hybridized carbons (Fsp3) is 0.188. The predicted octanol–water partition coefficient (Wildman–Crippen LogP) is 4.37. The Morgan fingerprint density at radius 1 is 1.10 bits per heavy atom. The van der Waals surface area contributed by atoms with Crippen molar-refractivity contribution in [1.29, 1.82) is 0 Å². The normalized spacial score (nSPS) is 10.5. The van der Waals surface area contributed by atoms with E-state index in [1.165, 1.54) is 13.0 Å². The van der Waals surface area contributed by atoms with Gasteiger partial charge in [-0.2, -0.15) is 0 Å². The third-order valence-corrected chi connectivity index (χ3v) is 2.98. The minimum absolute atomic E-state index is 0.109. The van der Waals surface area contributed by atoms with Crippen LogP contribution in [0.5, 0.6) is 5.75 Å². The first-order valence-electron chi connectivity index (χ1n) is 6.36. The van der Waals surface area contributed by atoms with Crippen LogP contribution in [0.4, 0.5) is 13.2 Å². The van der Waals surface area contributed by atoms with E-state index < -0.39 is 17.5 Å². The number of ketones is 1. The van der Waals surface area contributed by atoms with E-state index in [1.807, 2.05) is 0 Å². The summed E-state index contributed by atoms with van der Waals surface area (Å²) in [5, 5.41) is 0. The van der Waals surface area contributed by atoms with E-state index in [2.05, 4.69) is 0 Å². The molecule has 0 N–H and O–H groups in total. The summed E-state index contributed by atoms with van der Waals surface area (Å²) in [6.45, 7) is 3.48. The molecule has 110 valence electrons. The van der Waals surface area contributed by atoms with Crippen molar-refractivity contribution in [1.82, 2.24) is 0 Å². The van der Waals surface area contributed by atoms with Gasteiger partial charge in [-0.25, -0.2) is 13.2 Å². The smallest absolute Gasteiger partial charge is 0.194 e. The van der Waals surface area contributed by atoms with Crippen molar-refractivity contribution in [3.8, 4) is 16.9 Å². The number of rotatable bonds is 4. The summed E-state index contributed by atoms with van der Waals surface area (Å²) >= 11 is 0.